The maximum Gasteiger partial charge on any atom is 0.390 e. The van der Waals surface area contributed by atoms with Gasteiger partial charge in [-0.15, -0.1) is 0 Å². The number of carbonyl (C=O) groups excluding carboxylic acids is 1. The quantitative estimate of drug-likeness (QED) is 0.460. The second-order valence-electron chi connectivity index (χ2n) is 4.98. The number of ketones is 1. The summed E-state index contributed by atoms with van der Waals surface area (Å²) in [7, 11) is -5.07. The highest BCUT2D eigenvalue weighted by Gasteiger charge is 2.29. The van der Waals surface area contributed by atoms with Crippen molar-refractivity contribution in [1.29, 1.82) is 0 Å². The highest BCUT2D eigenvalue weighted by molar-refractivity contribution is 8.31. The molecule has 0 rings (SSSR count). The normalized spacial score (nSPS) is 13.6. The molecular weight excluding hydrogens is 272 g/mol. The van der Waals surface area contributed by atoms with Crippen molar-refractivity contribution >= 4 is 26.2 Å². The van der Waals surface area contributed by atoms with Crippen molar-refractivity contribution in [2.24, 2.45) is 0 Å². The highest BCUT2D eigenvalue weighted by Crippen LogP contribution is 2.40. The molecule has 0 spiro atoms. The minimum absolute atomic E-state index is 0.100. The van der Waals surface area contributed by atoms with Crippen molar-refractivity contribution in [3.8, 4) is 0 Å². The van der Waals surface area contributed by atoms with Crippen molar-refractivity contribution in [2.75, 3.05) is 24.0 Å². The van der Waals surface area contributed by atoms with Crippen LogP contribution >= 0.6 is 10.3 Å². The van der Waals surface area contributed by atoms with E-state index in [1.807, 2.05) is 13.8 Å². The Kier molecular flexibility index (Phi) is 8.14. The van der Waals surface area contributed by atoms with E-state index in [-0.39, 0.29) is 11.5 Å². The van der Waals surface area contributed by atoms with Crippen LogP contribution in [0.3, 0.4) is 0 Å². The average molecular weight is 299 g/mol. The van der Waals surface area contributed by atoms with Gasteiger partial charge in [0.1, 0.15) is 11.5 Å². The maximum absolute atomic E-state index is 11.7. The van der Waals surface area contributed by atoms with E-state index in [1.54, 1.807) is 12.5 Å². The fourth-order valence-corrected chi connectivity index (χ4v) is 6.09. The van der Waals surface area contributed by atoms with Crippen molar-refractivity contribution < 1.29 is 16.8 Å². The Morgan fingerprint density at radius 1 is 1.06 bits per heavy atom. The Labute approximate surface area is 113 Å². The molecule has 0 unspecified atom stereocenters. The topological polar surface area (TPSA) is 64.0 Å². The number of hydrogen-bond donors (Lipinski definition) is 0. The van der Waals surface area contributed by atoms with E-state index < -0.39 is 20.4 Å². The van der Waals surface area contributed by atoms with E-state index in [4.69, 9.17) is 0 Å². The van der Waals surface area contributed by atoms with Crippen LogP contribution in [0.2, 0.25) is 0 Å². The van der Waals surface area contributed by atoms with Crippen LogP contribution in [0.5, 0.6) is 0 Å². The second-order valence-corrected chi connectivity index (χ2v) is 10.4. The first-order valence-corrected chi connectivity index (χ1v) is 10.6. The van der Waals surface area contributed by atoms with Gasteiger partial charge in [-0.2, -0.15) is 8.42 Å². The van der Waals surface area contributed by atoms with Gasteiger partial charge in [0.05, 0.1) is 5.75 Å². The molecule has 0 saturated heterocycles. The van der Waals surface area contributed by atoms with E-state index in [2.05, 4.69) is 3.63 Å². The van der Waals surface area contributed by atoms with Crippen molar-refractivity contribution in [2.45, 2.75) is 46.0 Å². The zero-order valence-electron chi connectivity index (χ0n) is 11.9. The van der Waals surface area contributed by atoms with E-state index >= 15 is 0 Å². The van der Waals surface area contributed by atoms with E-state index in [1.165, 1.54) is 0 Å². The number of Topliss-reactive ketones (excluding diaryl/α,β-unsaturated/α-hetero) is 1. The van der Waals surface area contributed by atoms with Gasteiger partial charge in [0.2, 0.25) is 0 Å². The number of carbonyl (C=O) groups is 1. The molecule has 0 bridgehead atoms. The minimum atomic E-state index is -3.36. The molecule has 110 valence electrons. The molecule has 0 atom stereocenters. The molecule has 0 aromatic carbocycles. The summed E-state index contributed by atoms with van der Waals surface area (Å²) in [4.78, 5) is 11.7. The SMILES string of the molecule is CCCCC(=O)CS(C)(C)[OH+]S(=O)(=O)CCCC. The highest BCUT2D eigenvalue weighted by atomic mass is 32.3. The number of unbranched alkanes of at least 4 members (excludes halogenated alkanes) is 2. The summed E-state index contributed by atoms with van der Waals surface area (Å²) < 4.78 is 27.4. The average Bonchev–Trinajstić information content (AvgIpc) is 2.21. The third-order valence-corrected chi connectivity index (χ3v) is 6.75. The number of rotatable bonds is 10. The number of hydrogen-bond acceptors (Lipinski definition) is 3. The lowest BCUT2D eigenvalue weighted by molar-refractivity contribution is -0.116. The molecule has 0 fully saturated rings. The monoisotopic (exact) mass is 299 g/mol. The summed E-state index contributed by atoms with van der Waals surface area (Å²) in [6.45, 7) is 3.98. The zero-order chi connectivity index (χ0) is 14.2. The Bertz CT molecular complexity index is 347. The summed E-state index contributed by atoms with van der Waals surface area (Å²) in [6, 6.07) is 0. The fourth-order valence-electron chi connectivity index (χ4n) is 1.54. The van der Waals surface area contributed by atoms with Crippen LogP contribution in [0.4, 0.5) is 0 Å². The summed E-state index contributed by atoms with van der Waals surface area (Å²) in [5.41, 5.74) is 0. The lowest BCUT2D eigenvalue weighted by Gasteiger charge is -2.24. The second kappa shape index (κ2) is 8.17. The van der Waals surface area contributed by atoms with Crippen LogP contribution < -0.4 is 0 Å². The van der Waals surface area contributed by atoms with Crippen LogP contribution in [-0.4, -0.2) is 41.8 Å². The smallest absolute Gasteiger partial charge is 0.299 e. The largest absolute Gasteiger partial charge is 0.390 e. The summed E-state index contributed by atoms with van der Waals surface area (Å²) in [6.07, 6.45) is 7.44. The van der Waals surface area contributed by atoms with Gasteiger partial charge >= 0.3 is 10.1 Å². The molecule has 1 N–H and O–H groups in total. The summed E-state index contributed by atoms with van der Waals surface area (Å²) >= 11 is 0. The molecule has 0 heterocycles. The fraction of sp³-hybridized carbons (Fsp3) is 0.917. The first-order valence-electron chi connectivity index (χ1n) is 6.42. The zero-order valence-corrected chi connectivity index (χ0v) is 13.6. The first-order chi connectivity index (χ1) is 8.22. The predicted molar refractivity (Wildman–Crippen MR) is 80.2 cm³/mol. The lowest BCUT2D eigenvalue weighted by atomic mass is 10.2. The molecule has 0 amide bonds. The molecule has 0 saturated carbocycles. The molecule has 4 nitrogen and oxygen atoms in total. The molecule has 0 aliphatic carbocycles. The molecule has 0 aliphatic rings. The summed E-state index contributed by atoms with van der Waals surface area (Å²) in [5.74, 6) is 0.521. The maximum atomic E-state index is 11.7. The van der Waals surface area contributed by atoms with Gasteiger partial charge in [-0.3, -0.25) is 8.42 Å². The van der Waals surface area contributed by atoms with E-state index in [0.29, 0.717) is 18.6 Å². The third-order valence-electron chi connectivity index (χ3n) is 2.39. The van der Waals surface area contributed by atoms with Gasteiger partial charge < -0.3 is 0 Å². The van der Waals surface area contributed by atoms with Gasteiger partial charge in [-0.05, 0) is 23.2 Å². The summed E-state index contributed by atoms with van der Waals surface area (Å²) in [5, 5.41) is 0. The van der Waals surface area contributed by atoms with Crippen molar-refractivity contribution in [3.63, 3.8) is 0 Å². The van der Waals surface area contributed by atoms with Crippen molar-refractivity contribution in [1.82, 2.24) is 0 Å². The Morgan fingerprint density at radius 3 is 2.11 bits per heavy atom. The van der Waals surface area contributed by atoms with Crippen LogP contribution in [0.25, 0.3) is 0 Å². The molecule has 6 heteroatoms. The predicted octanol–water partition coefficient (Wildman–Crippen LogP) is 2.95. The van der Waals surface area contributed by atoms with E-state index in [0.717, 1.165) is 19.3 Å². The first kappa shape index (κ1) is 17.9. The molecule has 0 radical (unpaired) electrons. The molecule has 0 aromatic rings. The van der Waals surface area contributed by atoms with Crippen LogP contribution in [0.1, 0.15) is 46.0 Å². The molecule has 0 aromatic heterocycles. The van der Waals surface area contributed by atoms with Gasteiger partial charge in [0.25, 0.3) is 0 Å². The van der Waals surface area contributed by atoms with Crippen LogP contribution in [0, 0.1) is 0 Å². The molecule has 0 aliphatic heterocycles. The van der Waals surface area contributed by atoms with Crippen molar-refractivity contribution in [3.05, 3.63) is 0 Å². The van der Waals surface area contributed by atoms with E-state index in [9.17, 15) is 13.2 Å². The lowest BCUT2D eigenvalue weighted by Crippen LogP contribution is -2.23. The molecule has 18 heavy (non-hydrogen) atoms. The van der Waals surface area contributed by atoms with Crippen LogP contribution in [-0.2, 0) is 14.9 Å². The van der Waals surface area contributed by atoms with Gasteiger partial charge in [-0.25, -0.2) is 0 Å². The van der Waals surface area contributed by atoms with Gasteiger partial charge in [-0.1, -0.05) is 26.7 Å². The molecular formula is C12H27O4S2+. The minimum Gasteiger partial charge on any atom is -0.299 e. The standard InChI is InChI=1S/C12H26O4S2/c1-5-7-9-12(13)11-17(3,4)16-18(14,15)10-8-6-2/h5-11H2,1-4H3/p+1. The third kappa shape index (κ3) is 8.94. The Morgan fingerprint density at radius 2 is 1.61 bits per heavy atom. The van der Waals surface area contributed by atoms with Gasteiger partial charge in [0, 0.05) is 18.9 Å². The Hall–Kier alpha value is -0.0700. The van der Waals surface area contributed by atoms with Crippen LogP contribution in [0.15, 0.2) is 0 Å². The Balaban J connectivity index is 4.33. The van der Waals surface area contributed by atoms with Gasteiger partial charge in [0.15, 0.2) is 0 Å².